The van der Waals surface area contributed by atoms with Gasteiger partial charge in [-0.05, 0) is 67.6 Å². The van der Waals surface area contributed by atoms with Crippen molar-refractivity contribution in [2.45, 2.75) is 42.7 Å². The van der Waals surface area contributed by atoms with Crippen molar-refractivity contribution >= 4 is 41.1 Å². The Labute approximate surface area is 285 Å². The maximum Gasteiger partial charge on any atom is 0.328 e. The maximum atomic E-state index is 13.6. The van der Waals surface area contributed by atoms with Gasteiger partial charge in [0.2, 0.25) is 0 Å². The van der Waals surface area contributed by atoms with Crippen molar-refractivity contribution in [3.8, 4) is 0 Å². The number of amides is 3. The third-order valence-corrected chi connectivity index (χ3v) is 10.9. The van der Waals surface area contributed by atoms with Gasteiger partial charge >= 0.3 is 12.0 Å². The van der Waals surface area contributed by atoms with Gasteiger partial charge in [0.25, 0.3) is 5.91 Å². The zero-order valence-corrected chi connectivity index (χ0v) is 27.8. The number of nitrogens with one attached hydrogen (secondary N) is 1. The van der Waals surface area contributed by atoms with Gasteiger partial charge in [0.15, 0.2) is 6.04 Å². The first-order valence-electron chi connectivity index (χ1n) is 16.2. The van der Waals surface area contributed by atoms with Crippen LogP contribution in [0, 0.1) is 0 Å². The highest BCUT2D eigenvalue weighted by Crippen LogP contribution is 2.41. The lowest BCUT2D eigenvalue weighted by Crippen LogP contribution is -2.61. The van der Waals surface area contributed by atoms with Crippen molar-refractivity contribution in [2.24, 2.45) is 0 Å². The zero-order valence-electron chi connectivity index (χ0n) is 26.2. The second-order valence-corrected chi connectivity index (χ2v) is 13.7. The fourth-order valence-electron chi connectivity index (χ4n) is 7.32. The Balaban J connectivity index is 1.18. The molecule has 3 aromatic carbocycles. The van der Waals surface area contributed by atoms with Crippen molar-refractivity contribution in [3.63, 3.8) is 0 Å². The zero-order chi connectivity index (χ0) is 33.0. The largest absolute Gasteiger partial charge is 0.480 e. The molecule has 0 radical (unpaired) electrons. The Kier molecular flexibility index (Phi) is 10.1. The van der Waals surface area contributed by atoms with Crippen LogP contribution in [0.5, 0.6) is 0 Å². The highest BCUT2D eigenvalue weighted by Gasteiger charge is 2.44. The van der Waals surface area contributed by atoms with E-state index >= 15 is 0 Å². The molecule has 2 N–H and O–H groups in total. The first kappa shape index (κ1) is 33.3. The van der Waals surface area contributed by atoms with E-state index in [2.05, 4.69) is 10.2 Å². The second-order valence-electron chi connectivity index (χ2n) is 12.8. The van der Waals surface area contributed by atoms with Crippen LogP contribution in [-0.4, -0.2) is 96.2 Å². The number of hydrogen-bond donors (Lipinski definition) is 2. The molecule has 0 saturated carbocycles. The number of carboxylic acid groups (broad SMARTS) is 1. The van der Waals surface area contributed by atoms with Gasteiger partial charge in [0.1, 0.15) is 0 Å². The molecule has 248 valence electrons. The summed E-state index contributed by atoms with van der Waals surface area (Å²) in [7, 11) is 0. The highest BCUT2D eigenvalue weighted by molar-refractivity contribution is 6.42. The fraction of sp³-hybridized carbons (Fsp3) is 0.417. The quantitative estimate of drug-likeness (QED) is 0.319. The molecular weight excluding hydrogens is 639 g/mol. The number of nitrogens with zero attached hydrogens (tertiary/aromatic N) is 3. The number of carbonyl (C=O) groups is 3. The van der Waals surface area contributed by atoms with Gasteiger partial charge in [-0.25, -0.2) is 9.59 Å². The number of morpholine rings is 1. The monoisotopic (exact) mass is 678 g/mol. The van der Waals surface area contributed by atoms with Gasteiger partial charge in [-0.3, -0.25) is 4.79 Å². The van der Waals surface area contributed by atoms with Crippen LogP contribution in [0.4, 0.5) is 4.79 Å². The average molecular weight is 680 g/mol. The van der Waals surface area contributed by atoms with Gasteiger partial charge in [-0.2, -0.15) is 0 Å². The van der Waals surface area contributed by atoms with Gasteiger partial charge in [-0.15, -0.1) is 0 Å². The summed E-state index contributed by atoms with van der Waals surface area (Å²) in [6.45, 7) is 4.02. The lowest BCUT2D eigenvalue weighted by molar-refractivity contribution is -0.147. The molecule has 47 heavy (non-hydrogen) atoms. The number of carboxylic acids is 1. The van der Waals surface area contributed by atoms with E-state index in [-0.39, 0.29) is 30.5 Å². The summed E-state index contributed by atoms with van der Waals surface area (Å²) in [5, 5.41) is 14.0. The van der Waals surface area contributed by atoms with E-state index in [9.17, 15) is 19.5 Å². The van der Waals surface area contributed by atoms with Crippen molar-refractivity contribution in [2.75, 3.05) is 52.5 Å². The number of urea groups is 1. The van der Waals surface area contributed by atoms with Crippen molar-refractivity contribution in [1.82, 2.24) is 20.0 Å². The predicted octanol–water partition coefficient (Wildman–Crippen LogP) is 5.65. The molecule has 3 aromatic rings. The minimum atomic E-state index is -1.07. The van der Waals surface area contributed by atoms with Crippen LogP contribution in [-0.2, 0) is 20.5 Å². The average Bonchev–Trinajstić information content (AvgIpc) is 3.55. The standard InChI is InChI=1S/C36H40Cl2N4O5/c37-29-12-11-28(23-30(29)38)35(14-20-41(25-35)32(43)26-7-3-1-4-8-26)13-17-40-18-15-36(16-19-40,27-9-5-2-6-10-27)39-34(46)42-21-22-47-24-31(42)33(44)45/h1-12,23,31H,13-22,24-25H2,(H,39,46)(H,44,45). The molecule has 3 fully saturated rings. The van der Waals surface area contributed by atoms with Crippen LogP contribution in [0.15, 0.2) is 78.9 Å². The molecule has 6 rings (SSSR count). The molecule has 0 bridgehead atoms. The number of carbonyl (C=O) groups excluding carboxylic acids is 2. The predicted molar refractivity (Wildman–Crippen MR) is 181 cm³/mol. The third kappa shape index (κ3) is 7.14. The van der Waals surface area contributed by atoms with Gasteiger partial charge in [-0.1, -0.05) is 77.8 Å². The number of ether oxygens (including phenoxy) is 1. The first-order valence-corrected chi connectivity index (χ1v) is 16.9. The van der Waals surface area contributed by atoms with E-state index in [4.69, 9.17) is 27.9 Å². The Bertz CT molecular complexity index is 1580. The van der Waals surface area contributed by atoms with E-state index in [1.807, 2.05) is 83.8 Å². The summed E-state index contributed by atoms with van der Waals surface area (Å²) in [5.74, 6) is -1.05. The molecule has 3 aliphatic rings. The summed E-state index contributed by atoms with van der Waals surface area (Å²) >= 11 is 12.8. The van der Waals surface area contributed by atoms with E-state index in [0.29, 0.717) is 48.1 Å². The Morgan fingerprint density at radius 1 is 0.851 bits per heavy atom. The van der Waals surface area contributed by atoms with Crippen molar-refractivity contribution in [3.05, 3.63) is 106 Å². The molecule has 9 nitrogen and oxygen atoms in total. The number of aliphatic carboxylic acids is 1. The summed E-state index contributed by atoms with van der Waals surface area (Å²) in [5.41, 5.74) is 1.84. The molecule has 0 aromatic heterocycles. The smallest absolute Gasteiger partial charge is 0.328 e. The van der Waals surface area contributed by atoms with E-state index < -0.39 is 17.6 Å². The topological polar surface area (TPSA) is 102 Å². The highest BCUT2D eigenvalue weighted by atomic mass is 35.5. The van der Waals surface area contributed by atoms with Crippen molar-refractivity contribution < 1.29 is 24.2 Å². The molecule has 11 heteroatoms. The minimum absolute atomic E-state index is 0.0240. The molecule has 0 spiro atoms. The van der Waals surface area contributed by atoms with Crippen LogP contribution < -0.4 is 5.32 Å². The summed E-state index contributed by atoms with van der Waals surface area (Å²) in [4.78, 5) is 44.7. The number of benzene rings is 3. The SMILES string of the molecule is O=C(O)C1COCCN1C(=O)NC1(c2ccccc2)CCN(CCC2(c3ccc(Cl)c(Cl)c3)CCN(C(=O)c3ccccc3)C2)CC1. The Morgan fingerprint density at radius 2 is 1.55 bits per heavy atom. The maximum absolute atomic E-state index is 13.6. The molecule has 3 saturated heterocycles. The van der Waals surface area contributed by atoms with Gasteiger partial charge in [0, 0.05) is 43.7 Å². The van der Waals surface area contributed by atoms with Crippen LogP contribution in [0.3, 0.4) is 0 Å². The number of likely N-dealkylation sites (tertiary alicyclic amines) is 2. The lowest BCUT2D eigenvalue weighted by atomic mass is 9.76. The minimum Gasteiger partial charge on any atom is -0.480 e. The number of halogens is 2. The Morgan fingerprint density at radius 3 is 2.23 bits per heavy atom. The van der Waals surface area contributed by atoms with Gasteiger partial charge < -0.3 is 29.9 Å². The lowest BCUT2D eigenvalue weighted by Gasteiger charge is -2.45. The number of piperidine rings is 1. The molecule has 0 aliphatic carbocycles. The molecule has 3 aliphatic heterocycles. The molecule has 2 atom stereocenters. The van der Waals surface area contributed by atoms with E-state index in [1.54, 1.807) is 0 Å². The van der Waals surface area contributed by atoms with E-state index in [0.717, 1.165) is 43.6 Å². The van der Waals surface area contributed by atoms with E-state index in [1.165, 1.54) is 4.90 Å². The number of rotatable bonds is 8. The third-order valence-electron chi connectivity index (χ3n) is 10.2. The fourth-order valence-corrected chi connectivity index (χ4v) is 7.62. The Hall–Kier alpha value is -3.63. The normalized spacial score (nSPS) is 23.0. The first-order chi connectivity index (χ1) is 22.7. The summed E-state index contributed by atoms with van der Waals surface area (Å²) in [6.07, 6.45) is 2.97. The van der Waals surface area contributed by atoms with Crippen LogP contribution >= 0.6 is 23.2 Å². The summed E-state index contributed by atoms with van der Waals surface area (Å²) < 4.78 is 5.36. The summed E-state index contributed by atoms with van der Waals surface area (Å²) in [6, 6.07) is 23.7. The van der Waals surface area contributed by atoms with Crippen LogP contribution in [0.2, 0.25) is 10.0 Å². The number of hydrogen-bond acceptors (Lipinski definition) is 5. The molecule has 3 amide bonds. The van der Waals surface area contributed by atoms with Crippen molar-refractivity contribution in [1.29, 1.82) is 0 Å². The van der Waals surface area contributed by atoms with Crippen LogP contribution in [0.1, 0.15) is 47.2 Å². The molecule has 2 unspecified atom stereocenters. The second kappa shape index (κ2) is 14.2. The van der Waals surface area contributed by atoms with Crippen LogP contribution in [0.25, 0.3) is 0 Å². The molecular formula is C36H40Cl2N4O5. The molecule has 3 heterocycles. The van der Waals surface area contributed by atoms with Gasteiger partial charge in [0.05, 0.1) is 28.8 Å².